The number of nitrogens with zero attached hydrogens (tertiary/aromatic N) is 1. The van der Waals surface area contributed by atoms with Gasteiger partial charge in [0, 0.05) is 18.3 Å². The van der Waals surface area contributed by atoms with Gasteiger partial charge in [0.15, 0.2) is 0 Å². The van der Waals surface area contributed by atoms with Crippen molar-refractivity contribution in [3.8, 4) is 0 Å². The van der Waals surface area contributed by atoms with Gasteiger partial charge in [-0.15, -0.1) is 0 Å². The van der Waals surface area contributed by atoms with Crippen molar-refractivity contribution in [2.45, 2.75) is 32.5 Å². The van der Waals surface area contributed by atoms with Crippen molar-refractivity contribution >= 4 is 5.69 Å². The molecule has 0 saturated heterocycles. The number of benzene rings is 1. The second-order valence-corrected chi connectivity index (χ2v) is 4.99. The Morgan fingerprint density at radius 1 is 1.29 bits per heavy atom. The van der Waals surface area contributed by atoms with E-state index in [4.69, 9.17) is 5.11 Å². The summed E-state index contributed by atoms with van der Waals surface area (Å²) >= 11 is 0. The van der Waals surface area contributed by atoms with Gasteiger partial charge in [0.25, 0.3) is 0 Å². The molecule has 0 aliphatic rings. The third-order valence-electron chi connectivity index (χ3n) is 3.18. The number of aliphatic hydroxyl groups excluding tert-OH is 1. The van der Waals surface area contributed by atoms with Crippen molar-refractivity contribution in [3.63, 3.8) is 0 Å². The number of nitrogens with one attached hydrogen (secondary N) is 1. The summed E-state index contributed by atoms with van der Waals surface area (Å²) in [4.78, 5) is 1.18. The van der Waals surface area contributed by atoms with Crippen LogP contribution in [0.5, 0.6) is 0 Å². The third kappa shape index (κ3) is 5.93. The summed E-state index contributed by atoms with van der Waals surface area (Å²) < 4.78 is 38.1. The summed E-state index contributed by atoms with van der Waals surface area (Å²) in [6, 6.07) is 6.97. The molecular weight excluding hydrogens is 281 g/mol. The first-order chi connectivity index (χ1) is 9.89. The maximum Gasteiger partial charge on any atom is 0.405 e. The van der Waals surface area contributed by atoms with Crippen molar-refractivity contribution in [1.82, 2.24) is 5.32 Å². The largest absolute Gasteiger partial charge is 0.405 e. The third-order valence-corrected chi connectivity index (χ3v) is 3.18. The highest BCUT2D eigenvalue weighted by Gasteiger charge is 2.31. The summed E-state index contributed by atoms with van der Waals surface area (Å²) in [5.41, 5.74) is 1.32. The molecule has 0 amide bonds. The van der Waals surface area contributed by atoms with Crippen molar-refractivity contribution in [3.05, 3.63) is 29.8 Å². The van der Waals surface area contributed by atoms with E-state index in [0.717, 1.165) is 18.5 Å². The van der Waals surface area contributed by atoms with Crippen LogP contribution in [0.3, 0.4) is 0 Å². The van der Waals surface area contributed by atoms with Crippen LogP contribution in [0.4, 0.5) is 18.9 Å². The summed E-state index contributed by atoms with van der Waals surface area (Å²) in [5.74, 6) is 0. The smallest absolute Gasteiger partial charge is 0.395 e. The van der Waals surface area contributed by atoms with Crippen LogP contribution in [0.1, 0.15) is 31.9 Å². The van der Waals surface area contributed by atoms with Gasteiger partial charge in [-0.2, -0.15) is 13.2 Å². The Hall–Kier alpha value is -1.27. The number of alkyl halides is 3. The molecule has 1 atom stereocenters. The molecule has 2 N–H and O–H groups in total. The number of hydrogen-bond acceptors (Lipinski definition) is 3. The second kappa shape index (κ2) is 8.24. The molecule has 0 radical (unpaired) electrons. The fourth-order valence-electron chi connectivity index (χ4n) is 2.23. The Morgan fingerprint density at radius 2 is 1.95 bits per heavy atom. The number of hydrogen-bond donors (Lipinski definition) is 2. The molecule has 1 rings (SSSR count). The summed E-state index contributed by atoms with van der Waals surface area (Å²) in [7, 11) is 0. The first-order valence-electron chi connectivity index (χ1n) is 7.14. The van der Waals surface area contributed by atoms with E-state index in [0.29, 0.717) is 5.69 Å². The van der Waals surface area contributed by atoms with Crippen molar-refractivity contribution < 1.29 is 18.3 Å². The van der Waals surface area contributed by atoms with Crippen LogP contribution in [0.25, 0.3) is 0 Å². The van der Waals surface area contributed by atoms with E-state index >= 15 is 0 Å². The summed E-state index contributed by atoms with van der Waals surface area (Å²) in [6.45, 7) is 3.34. The maximum absolute atomic E-state index is 12.7. The normalized spacial score (nSPS) is 13.2. The lowest BCUT2D eigenvalue weighted by Crippen LogP contribution is -2.37. The highest BCUT2D eigenvalue weighted by Crippen LogP contribution is 2.29. The van der Waals surface area contributed by atoms with E-state index in [2.05, 4.69) is 5.32 Å². The Bertz CT molecular complexity index is 424. The van der Waals surface area contributed by atoms with Crippen LogP contribution in [-0.4, -0.2) is 37.5 Å². The van der Waals surface area contributed by atoms with E-state index in [1.165, 1.54) is 4.90 Å². The van der Waals surface area contributed by atoms with Gasteiger partial charge >= 0.3 is 6.18 Å². The molecular formula is C15H23F3N2O. The minimum absolute atomic E-state index is 0.0446. The zero-order valence-corrected chi connectivity index (χ0v) is 12.5. The number of para-hydroxylation sites is 1. The van der Waals surface area contributed by atoms with Crippen LogP contribution in [0.15, 0.2) is 24.3 Å². The fraction of sp³-hybridized carbons (Fsp3) is 0.600. The number of anilines is 1. The molecule has 120 valence electrons. The van der Waals surface area contributed by atoms with Gasteiger partial charge in [-0.1, -0.05) is 25.1 Å². The van der Waals surface area contributed by atoms with Crippen LogP contribution in [0.2, 0.25) is 0 Å². The monoisotopic (exact) mass is 304 g/mol. The molecule has 0 bridgehead atoms. The zero-order chi connectivity index (χ0) is 15.9. The molecule has 0 saturated carbocycles. The molecule has 0 aliphatic heterocycles. The van der Waals surface area contributed by atoms with Crippen molar-refractivity contribution in [2.24, 2.45) is 0 Å². The van der Waals surface area contributed by atoms with Gasteiger partial charge in [0.2, 0.25) is 0 Å². The lowest BCUT2D eigenvalue weighted by Gasteiger charge is -2.29. The Balaban J connectivity index is 3.01. The molecule has 0 heterocycles. The van der Waals surface area contributed by atoms with E-state index in [1.54, 1.807) is 12.1 Å². The average Bonchev–Trinajstić information content (AvgIpc) is 2.43. The highest BCUT2D eigenvalue weighted by molar-refractivity contribution is 5.55. The molecule has 21 heavy (non-hydrogen) atoms. The minimum Gasteiger partial charge on any atom is -0.395 e. The molecule has 0 spiro atoms. The van der Waals surface area contributed by atoms with Gasteiger partial charge in [0.1, 0.15) is 6.54 Å². The van der Waals surface area contributed by atoms with Crippen LogP contribution >= 0.6 is 0 Å². The van der Waals surface area contributed by atoms with E-state index in [1.807, 2.05) is 26.0 Å². The lowest BCUT2D eigenvalue weighted by atomic mass is 10.0. The molecule has 0 fully saturated rings. The predicted octanol–water partition coefficient (Wildman–Crippen LogP) is 3.11. The fourth-order valence-corrected chi connectivity index (χ4v) is 2.23. The Morgan fingerprint density at radius 3 is 2.52 bits per heavy atom. The molecule has 3 nitrogen and oxygen atoms in total. The molecule has 0 aliphatic carbocycles. The summed E-state index contributed by atoms with van der Waals surface area (Å²) in [6.07, 6.45) is -3.35. The first kappa shape index (κ1) is 17.8. The zero-order valence-electron chi connectivity index (χ0n) is 12.5. The molecule has 0 aromatic heterocycles. The maximum atomic E-state index is 12.7. The van der Waals surface area contributed by atoms with E-state index in [-0.39, 0.29) is 19.2 Å². The first-order valence-corrected chi connectivity index (χ1v) is 7.14. The second-order valence-electron chi connectivity index (χ2n) is 4.99. The molecule has 6 heteroatoms. The predicted molar refractivity (Wildman–Crippen MR) is 78.5 cm³/mol. The van der Waals surface area contributed by atoms with Crippen LogP contribution < -0.4 is 10.2 Å². The topological polar surface area (TPSA) is 35.5 Å². The van der Waals surface area contributed by atoms with Gasteiger partial charge in [-0.25, -0.2) is 0 Å². The summed E-state index contributed by atoms with van der Waals surface area (Å²) in [5, 5.41) is 12.3. The van der Waals surface area contributed by atoms with E-state index in [9.17, 15) is 13.2 Å². The van der Waals surface area contributed by atoms with Gasteiger partial charge in [0.05, 0.1) is 6.61 Å². The SMILES string of the molecule is CCCNC(C)c1ccccc1N(CCO)CC(F)(F)F. The number of halogens is 3. The van der Waals surface area contributed by atoms with Crippen LogP contribution in [-0.2, 0) is 0 Å². The number of rotatable bonds is 8. The standard InChI is InChI=1S/C15H23F3N2O/c1-3-8-19-12(2)13-6-4-5-7-14(13)20(9-10-21)11-15(16,17)18/h4-7,12,19,21H,3,8-11H2,1-2H3. The Kier molecular flexibility index (Phi) is 6.98. The van der Waals surface area contributed by atoms with E-state index < -0.39 is 12.7 Å². The van der Waals surface area contributed by atoms with Gasteiger partial charge in [-0.3, -0.25) is 0 Å². The van der Waals surface area contributed by atoms with Crippen molar-refractivity contribution in [2.75, 3.05) is 31.1 Å². The minimum atomic E-state index is -4.30. The van der Waals surface area contributed by atoms with Gasteiger partial charge in [-0.05, 0) is 31.5 Å². The van der Waals surface area contributed by atoms with Crippen molar-refractivity contribution in [1.29, 1.82) is 0 Å². The quantitative estimate of drug-likeness (QED) is 0.774. The molecule has 1 unspecified atom stereocenters. The highest BCUT2D eigenvalue weighted by atomic mass is 19.4. The molecule has 1 aromatic carbocycles. The lowest BCUT2D eigenvalue weighted by molar-refractivity contribution is -0.119. The Labute approximate surface area is 123 Å². The van der Waals surface area contributed by atoms with Crippen LogP contribution in [0, 0.1) is 0 Å². The van der Waals surface area contributed by atoms with Gasteiger partial charge < -0.3 is 15.3 Å². The average molecular weight is 304 g/mol. The molecule has 1 aromatic rings. The number of aliphatic hydroxyl groups is 1.